The van der Waals surface area contributed by atoms with Gasteiger partial charge in [0, 0.05) is 57.2 Å². The lowest BCUT2D eigenvalue weighted by atomic mass is 9.86. The van der Waals surface area contributed by atoms with Crippen LogP contribution in [0.2, 0.25) is 15.1 Å². The van der Waals surface area contributed by atoms with E-state index < -0.39 is 29.1 Å². The van der Waals surface area contributed by atoms with Crippen LogP contribution in [0.3, 0.4) is 0 Å². The lowest BCUT2D eigenvalue weighted by Crippen LogP contribution is -2.15. The third kappa shape index (κ3) is 32.5. The van der Waals surface area contributed by atoms with Gasteiger partial charge in [-0.25, -0.2) is 30.7 Å². The molecule has 0 radical (unpaired) electrons. The number of aromatic hydroxyl groups is 2. The van der Waals surface area contributed by atoms with Crippen LogP contribution in [0.1, 0.15) is 218 Å². The predicted molar refractivity (Wildman–Crippen MR) is 393 cm³/mol. The molecule has 0 bridgehead atoms. The van der Waals surface area contributed by atoms with E-state index in [1.165, 1.54) is 60.7 Å². The molecule has 8 aromatic rings. The van der Waals surface area contributed by atoms with Crippen LogP contribution in [0.25, 0.3) is 0 Å². The monoisotopic (exact) mass is 1400 g/mol. The highest BCUT2D eigenvalue weighted by atomic mass is 35.5. The lowest BCUT2D eigenvalue weighted by Gasteiger charge is -2.22. The topological polar surface area (TPSA) is 82.6 Å². The number of benzene rings is 7. The fraction of sp³-hybridized carbons (Fsp3) is 0.420. The molecular formula is C81H107Cl3F7NO4. The maximum absolute atomic E-state index is 13.6. The Labute approximate surface area is 585 Å². The van der Waals surface area contributed by atoms with Crippen molar-refractivity contribution in [2.24, 2.45) is 0 Å². The summed E-state index contributed by atoms with van der Waals surface area (Å²) in [6.07, 6.45) is 1.77. The second-order valence-corrected chi connectivity index (χ2v) is 32.3. The normalized spacial score (nSPS) is 11.5. The molecule has 15 heteroatoms. The summed E-state index contributed by atoms with van der Waals surface area (Å²) in [6.45, 7) is 48.7. The van der Waals surface area contributed by atoms with Crippen molar-refractivity contribution in [3.05, 3.63) is 262 Å². The minimum absolute atomic E-state index is 0. The van der Waals surface area contributed by atoms with Gasteiger partial charge in [-0.1, -0.05) is 263 Å². The van der Waals surface area contributed by atoms with Crippen molar-refractivity contribution >= 4 is 34.8 Å². The zero-order valence-electron chi connectivity index (χ0n) is 60.4. The van der Waals surface area contributed by atoms with Gasteiger partial charge in [0.25, 0.3) is 0 Å². The number of pyridine rings is 1. The van der Waals surface area contributed by atoms with Gasteiger partial charge in [0.05, 0.1) is 7.11 Å². The minimum atomic E-state index is -0.789. The third-order valence-electron chi connectivity index (χ3n) is 14.1. The van der Waals surface area contributed by atoms with E-state index in [1.54, 1.807) is 30.5 Å². The molecule has 0 saturated carbocycles. The summed E-state index contributed by atoms with van der Waals surface area (Å²) in [7, 11) is 1.46. The summed E-state index contributed by atoms with van der Waals surface area (Å²) >= 11 is 17.6. The van der Waals surface area contributed by atoms with Gasteiger partial charge in [-0.05, 0) is 143 Å². The van der Waals surface area contributed by atoms with Crippen molar-refractivity contribution in [2.75, 3.05) is 7.11 Å². The van der Waals surface area contributed by atoms with Gasteiger partial charge < -0.3 is 19.9 Å². The number of hydrogen-bond donors (Lipinski definition) is 3. The van der Waals surface area contributed by atoms with Crippen molar-refractivity contribution in [1.29, 1.82) is 0 Å². The standard InChI is InChI=1S/C11H15FO2.C10H12Cl2.C10H13Cl.2C10H12F2.C10H13FO.C10H13F.C9H13NO.CH4/c1-11(2,3)10-8(12)5-7(13)6-9(10)14-4;1-10(2,3)8-5-4-7(11)6-9(8)12;1-10(2,3)8-4-6-9(11)7-5-8;1-10(2,3)8-5-4-7(11)6-9(8)12;1-10(2,3)7-4-5-8(11)9(12)6-7;1-10(2,3)8-5-4-7(12)6-9(8)11;1-10(2,3)8-4-6-9(11)7-5-8;1-9(2,3)7-4-5-8(11)10-6-7;/h5-6,13H,1-4H3;4-6H,1-3H3;4-7H,1-3H3;2*4-6H,1-3H3;4-6,12H,1-3H3;4-7H,1-3H3;4-6H,1-3H3,(H,10,11);1H4. The van der Waals surface area contributed by atoms with Crippen molar-refractivity contribution < 1.29 is 45.7 Å². The highest BCUT2D eigenvalue weighted by molar-refractivity contribution is 6.35. The molecule has 530 valence electrons. The molecule has 0 amide bonds. The number of H-pyrrole nitrogens is 1. The highest BCUT2D eigenvalue weighted by Gasteiger charge is 2.25. The number of ether oxygens (including phenoxy) is 1. The molecule has 0 atom stereocenters. The first-order valence-electron chi connectivity index (χ1n) is 31.1. The van der Waals surface area contributed by atoms with Crippen LogP contribution in [-0.4, -0.2) is 22.3 Å². The third-order valence-corrected chi connectivity index (χ3v) is 14.9. The Kier molecular flexibility index (Phi) is 34.7. The summed E-state index contributed by atoms with van der Waals surface area (Å²) < 4.78 is 95.1. The maximum atomic E-state index is 13.6. The van der Waals surface area contributed by atoms with Crippen molar-refractivity contribution in [3.8, 4) is 17.2 Å². The fourth-order valence-electron chi connectivity index (χ4n) is 8.50. The summed E-state index contributed by atoms with van der Waals surface area (Å²) in [6, 6.07) is 38.2. The second-order valence-electron chi connectivity index (χ2n) is 31.0. The Morgan fingerprint density at radius 1 is 0.344 bits per heavy atom. The second kappa shape index (κ2) is 37.3. The average Bonchev–Trinajstić information content (AvgIpc) is 0.821. The zero-order chi connectivity index (χ0) is 73.8. The highest BCUT2D eigenvalue weighted by Crippen LogP contribution is 2.37. The Hall–Kier alpha value is -6.73. The molecule has 5 nitrogen and oxygen atoms in total. The van der Waals surface area contributed by atoms with Crippen LogP contribution in [0.15, 0.2) is 157 Å². The zero-order valence-corrected chi connectivity index (χ0v) is 62.7. The first-order valence-corrected chi connectivity index (χ1v) is 32.3. The number of methoxy groups -OCH3 is 1. The summed E-state index contributed by atoms with van der Waals surface area (Å²) in [5.41, 5.74) is 6.78. The van der Waals surface area contributed by atoms with Gasteiger partial charge in [-0.2, -0.15) is 0 Å². The largest absolute Gasteiger partial charge is 0.508 e. The molecule has 0 spiro atoms. The molecule has 0 unspecified atom stereocenters. The van der Waals surface area contributed by atoms with Gasteiger partial charge in [0.1, 0.15) is 46.3 Å². The number of rotatable bonds is 1. The number of aromatic nitrogens is 1. The van der Waals surface area contributed by atoms with Gasteiger partial charge >= 0.3 is 0 Å². The van der Waals surface area contributed by atoms with E-state index in [0.29, 0.717) is 27.5 Å². The maximum Gasteiger partial charge on any atom is 0.247 e. The first-order chi connectivity index (χ1) is 43.0. The van der Waals surface area contributed by atoms with E-state index in [9.17, 15) is 40.6 Å². The van der Waals surface area contributed by atoms with Gasteiger partial charge in [-0.3, -0.25) is 4.79 Å². The molecule has 0 aliphatic heterocycles. The quantitative estimate of drug-likeness (QED) is 0.143. The Bertz CT molecular complexity index is 3500. The van der Waals surface area contributed by atoms with Crippen LogP contribution >= 0.6 is 34.8 Å². The molecule has 3 N–H and O–H groups in total. The van der Waals surface area contributed by atoms with Crippen LogP contribution in [0.4, 0.5) is 30.7 Å². The smallest absolute Gasteiger partial charge is 0.247 e. The summed E-state index contributed by atoms with van der Waals surface area (Å²) in [4.78, 5) is 13.3. The number of halogens is 10. The average molecular weight is 1400 g/mol. The predicted octanol–water partition coefficient (Wildman–Crippen LogP) is 25.6. The van der Waals surface area contributed by atoms with E-state index in [1.807, 2.05) is 126 Å². The Morgan fingerprint density at radius 2 is 0.729 bits per heavy atom. The number of nitrogens with one attached hydrogen (secondary N) is 1. The number of phenolic OH excluding ortho intramolecular Hbond substituents is 2. The van der Waals surface area contributed by atoms with E-state index >= 15 is 0 Å². The molecule has 0 aliphatic rings. The number of aromatic amines is 1. The van der Waals surface area contributed by atoms with E-state index in [4.69, 9.17) is 44.6 Å². The molecular weight excluding hydrogens is 1290 g/mol. The Balaban J connectivity index is 0.00000107. The van der Waals surface area contributed by atoms with Crippen molar-refractivity contribution in [2.45, 2.75) is 217 Å². The Morgan fingerprint density at radius 3 is 1.10 bits per heavy atom. The lowest BCUT2D eigenvalue weighted by molar-refractivity contribution is 0.380. The molecule has 96 heavy (non-hydrogen) atoms. The van der Waals surface area contributed by atoms with Crippen molar-refractivity contribution in [1.82, 2.24) is 4.98 Å². The number of hydrogen-bond acceptors (Lipinski definition) is 4. The van der Waals surface area contributed by atoms with E-state index in [0.717, 1.165) is 51.0 Å². The van der Waals surface area contributed by atoms with Gasteiger partial charge in [-0.15, -0.1) is 0 Å². The SMILES string of the molecule is C.CC(C)(C)c1ccc(=O)[nH]c1.CC(C)(C)c1ccc(Cl)cc1.CC(C)(C)c1ccc(Cl)cc1Cl.CC(C)(C)c1ccc(F)c(F)c1.CC(C)(C)c1ccc(F)cc1.CC(C)(C)c1ccc(F)cc1F.CC(C)(C)c1ccc(O)cc1F.COc1cc(O)cc(F)c1C(C)(C)C. The fourth-order valence-corrected chi connectivity index (χ4v) is 9.32. The summed E-state index contributed by atoms with van der Waals surface area (Å²) in [5, 5.41) is 20.4. The van der Waals surface area contributed by atoms with Gasteiger partial charge in [0.15, 0.2) is 11.6 Å². The molecule has 7 aromatic carbocycles. The molecule has 1 heterocycles. The molecule has 0 fully saturated rings. The van der Waals surface area contributed by atoms with Gasteiger partial charge in [0.2, 0.25) is 5.56 Å². The molecule has 0 saturated heterocycles. The van der Waals surface area contributed by atoms with Crippen LogP contribution in [0.5, 0.6) is 17.2 Å². The van der Waals surface area contributed by atoms with Crippen LogP contribution in [0, 0.1) is 40.7 Å². The van der Waals surface area contributed by atoms with E-state index in [-0.39, 0.29) is 79.4 Å². The van der Waals surface area contributed by atoms with Crippen LogP contribution in [-0.2, 0) is 43.3 Å². The summed E-state index contributed by atoms with van der Waals surface area (Å²) in [5.74, 6) is -3.27. The van der Waals surface area contributed by atoms with E-state index in [2.05, 4.69) is 100 Å². The number of phenols is 2. The molecule has 1 aromatic heterocycles. The van der Waals surface area contributed by atoms with Crippen molar-refractivity contribution in [3.63, 3.8) is 0 Å². The van der Waals surface area contributed by atoms with Crippen LogP contribution < -0.4 is 10.3 Å². The molecule has 0 aliphatic carbocycles. The molecule has 8 rings (SSSR count). The first kappa shape index (κ1) is 89.3. The minimum Gasteiger partial charge on any atom is -0.508 e.